The summed E-state index contributed by atoms with van der Waals surface area (Å²) in [5, 5.41) is 0. The maximum Gasteiger partial charge on any atom is 0.142 e. The molecule has 0 aromatic rings. The van der Waals surface area contributed by atoms with E-state index in [1.165, 1.54) is 0 Å². The molecule has 0 amide bonds. The highest BCUT2D eigenvalue weighted by molar-refractivity contribution is 7.80. The SMILES string of the molecule is CC(=S)N1CCC[C@H]1C=O. The summed E-state index contributed by atoms with van der Waals surface area (Å²) in [6, 6.07) is 0.0671. The van der Waals surface area contributed by atoms with E-state index < -0.39 is 0 Å². The van der Waals surface area contributed by atoms with Crippen LogP contribution < -0.4 is 0 Å². The van der Waals surface area contributed by atoms with Gasteiger partial charge in [-0.15, -0.1) is 0 Å². The van der Waals surface area contributed by atoms with Crippen molar-refractivity contribution in [3.05, 3.63) is 0 Å². The van der Waals surface area contributed by atoms with Gasteiger partial charge in [-0.3, -0.25) is 0 Å². The first-order valence-corrected chi connectivity index (χ1v) is 3.89. The van der Waals surface area contributed by atoms with E-state index in [9.17, 15) is 4.79 Å². The summed E-state index contributed by atoms with van der Waals surface area (Å²) >= 11 is 4.97. The molecule has 0 unspecified atom stereocenters. The topological polar surface area (TPSA) is 20.3 Å². The van der Waals surface area contributed by atoms with Gasteiger partial charge in [0, 0.05) is 6.54 Å². The molecular formula is C7H11NOS. The van der Waals surface area contributed by atoms with Crippen molar-refractivity contribution in [2.24, 2.45) is 0 Å². The summed E-state index contributed by atoms with van der Waals surface area (Å²) < 4.78 is 0. The summed E-state index contributed by atoms with van der Waals surface area (Å²) in [4.78, 5) is 13.3. The normalized spacial score (nSPS) is 24.9. The minimum atomic E-state index is 0.0671. The Kier molecular flexibility index (Phi) is 2.38. The Morgan fingerprint density at radius 2 is 2.50 bits per heavy atom. The molecule has 0 radical (unpaired) electrons. The van der Waals surface area contributed by atoms with Crippen LogP contribution in [0.25, 0.3) is 0 Å². The van der Waals surface area contributed by atoms with Crippen LogP contribution in [0.1, 0.15) is 19.8 Å². The molecule has 1 atom stereocenters. The van der Waals surface area contributed by atoms with Crippen molar-refractivity contribution in [3.63, 3.8) is 0 Å². The predicted octanol–water partition coefficient (Wildman–Crippen LogP) is 0.997. The molecule has 0 N–H and O–H groups in total. The molecule has 2 nitrogen and oxygen atoms in total. The molecule has 1 rings (SSSR count). The molecule has 1 saturated heterocycles. The average Bonchev–Trinajstić information content (AvgIpc) is 2.33. The smallest absolute Gasteiger partial charge is 0.142 e. The molecule has 1 aliphatic heterocycles. The van der Waals surface area contributed by atoms with Crippen LogP contribution in [0, 0.1) is 0 Å². The number of nitrogens with zero attached hydrogens (tertiary/aromatic N) is 1. The molecule has 0 aromatic carbocycles. The first-order chi connectivity index (χ1) is 4.75. The van der Waals surface area contributed by atoms with Crippen LogP contribution in [0.15, 0.2) is 0 Å². The Morgan fingerprint density at radius 3 is 2.90 bits per heavy atom. The molecule has 56 valence electrons. The largest absolute Gasteiger partial charge is 0.357 e. The Labute approximate surface area is 66.2 Å². The number of thiocarbonyl (C=S) groups is 1. The van der Waals surface area contributed by atoms with E-state index in [4.69, 9.17) is 12.2 Å². The highest BCUT2D eigenvalue weighted by Gasteiger charge is 2.23. The number of carbonyl (C=O) groups is 1. The summed E-state index contributed by atoms with van der Waals surface area (Å²) in [5.41, 5.74) is 0. The fourth-order valence-corrected chi connectivity index (χ4v) is 1.55. The van der Waals surface area contributed by atoms with Gasteiger partial charge in [0.15, 0.2) is 0 Å². The van der Waals surface area contributed by atoms with Crippen LogP contribution in [-0.2, 0) is 4.79 Å². The number of carbonyl (C=O) groups excluding carboxylic acids is 1. The first kappa shape index (κ1) is 7.66. The Hall–Kier alpha value is -0.440. The fraction of sp³-hybridized carbons (Fsp3) is 0.714. The highest BCUT2D eigenvalue weighted by Crippen LogP contribution is 2.15. The molecule has 3 heteroatoms. The van der Waals surface area contributed by atoms with Gasteiger partial charge in [0.1, 0.15) is 6.29 Å². The predicted molar refractivity (Wildman–Crippen MR) is 44.1 cm³/mol. The van der Waals surface area contributed by atoms with Gasteiger partial charge < -0.3 is 9.69 Å². The molecule has 1 fully saturated rings. The van der Waals surface area contributed by atoms with E-state index in [0.717, 1.165) is 30.7 Å². The van der Waals surface area contributed by atoms with Crippen molar-refractivity contribution in [1.82, 2.24) is 4.90 Å². The molecule has 0 bridgehead atoms. The van der Waals surface area contributed by atoms with Crippen molar-refractivity contribution in [2.75, 3.05) is 6.54 Å². The highest BCUT2D eigenvalue weighted by atomic mass is 32.1. The average molecular weight is 157 g/mol. The molecule has 0 aliphatic carbocycles. The summed E-state index contributed by atoms with van der Waals surface area (Å²) in [5.74, 6) is 0. The molecule has 1 aliphatic rings. The second kappa shape index (κ2) is 3.10. The molecular weight excluding hydrogens is 146 g/mol. The zero-order valence-corrected chi connectivity index (χ0v) is 6.86. The van der Waals surface area contributed by atoms with Gasteiger partial charge in [0.25, 0.3) is 0 Å². The first-order valence-electron chi connectivity index (χ1n) is 3.48. The maximum atomic E-state index is 10.4. The van der Waals surface area contributed by atoms with Crippen LogP contribution in [-0.4, -0.2) is 28.8 Å². The number of likely N-dealkylation sites (tertiary alicyclic amines) is 1. The number of hydrogen-bond acceptors (Lipinski definition) is 2. The molecule has 0 spiro atoms. The Bertz CT molecular complexity index is 158. The quantitative estimate of drug-likeness (QED) is 0.418. The minimum absolute atomic E-state index is 0.0671. The van der Waals surface area contributed by atoms with Crippen LogP contribution >= 0.6 is 12.2 Å². The lowest BCUT2D eigenvalue weighted by atomic mass is 10.2. The van der Waals surface area contributed by atoms with Gasteiger partial charge in [-0.25, -0.2) is 0 Å². The lowest BCUT2D eigenvalue weighted by molar-refractivity contribution is -0.110. The Morgan fingerprint density at radius 1 is 1.80 bits per heavy atom. The minimum Gasteiger partial charge on any atom is -0.357 e. The van der Waals surface area contributed by atoms with E-state index in [0.29, 0.717) is 0 Å². The standard InChI is InChI=1S/C7H11NOS/c1-6(10)8-4-2-3-7(8)5-9/h5,7H,2-4H2,1H3/t7-/m0/s1. The van der Waals surface area contributed by atoms with E-state index in [1.54, 1.807) is 0 Å². The van der Waals surface area contributed by atoms with Crippen LogP contribution in [0.2, 0.25) is 0 Å². The lowest BCUT2D eigenvalue weighted by Crippen LogP contribution is -2.33. The zero-order valence-electron chi connectivity index (χ0n) is 6.04. The van der Waals surface area contributed by atoms with E-state index in [1.807, 2.05) is 11.8 Å². The van der Waals surface area contributed by atoms with Crippen molar-refractivity contribution >= 4 is 23.5 Å². The van der Waals surface area contributed by atoms with Crippen molar-refractivity contribution < 1.29 is 4.79 Å². The van der Waals surface area contributed by atoms with Crippen molar-refractivity contribution in [1.29, 1.82) is 0 Å². The number of hydrogen-bond donors (Lipinski definition) is 0. The molecule has 0 aromatic heterocycles. The molecule has 10 heavy (non-hydrogen) atoms. The van der Waals surface area contributed by atoms with Gasteiger partial charge >= 0.3 is 0 Å². The zero-order chi connectivity index (χ0) is 7.56. The van der Waals surface area contributed by atoms with Gasteiger partial charge in [-0.1, -0.05) is 12.2 Å². The monoisotopic (exact) mass is 157 g/mol. The van der Waals surface area contributed by atoms with Gasteiger partial charge in [-0.05, 0) is 19.8 Å². The second-order valence-electron chi connectivity index (χ2n) is 2.56. The second-order valence-corrected chi connectivity index (χ2v) is 3.15. The lowest BCUT2D eigenvalue weighted by Gasteiger charge is -2.20. The number of aldehydes is 1. The van der Waals surface area contributed by atoms with Crippen molar-refractivity contribution in [2.45, 2.75) is 25.8 Å². The van der Waals surface area contributed by atoms with E-state index >= 15 is 0 Å². The summed E-state index contributed by atoms with van der Waals surface area (Å²) in [7, 11) is 0. The van der Waals surface area contributed by atoms with E-state index in [-0.39, 0.29) is 6.04 Å². The third-order valence-corrected chi connectivity index (χ3v) is 2.10. The third-order valence-electron chi connectivity index (χ3n) is 1.86. The van der Waals surface area contributed by atoms with Gasteiger partial charge in [-0.2, -0.15) is 0 Å². The fourth-order valence-electron chi connectivity index (χ4n) is 1.32. The van der Waals surface area contributed by atoms with E-state index in [2.05, 4.69) is 0 Å². The third kappa shape index (κ3) is 1.34. The molecule has 1 heterocycles. The van der Waals surface area contributed by atoms with Crippen LogP contribution in [0.5, 0.6) is 0 Å². The summed E-state index contributed by atoms with van der Waals surface area (Å²) in [6.07, 6.45) is 3.05. The van der Waals surface area contributed by atoms with Crippen molar-refractivity contribution in [3.8, 4) is 0 Å². The Balaban J connectivity index is 2.58. The summed E-state index contributed by atoms with van der Waals surface area (Å²) in [6.45, 7) is 2.83. The maximum absolute atomic E-state index is 10.4. The van der Waals surface area contributed by atoms with Gasteiger partial charge in [0.05, 0.1) is 11.0 Å². The number of rotatable bonds is 1. The molecule has 0 saturated carbocycles. The van der Waals surface area contributed by atoms with Crippen LogP contribution in [0.4, 0.5) is 0 Å². The van der Waals surface area contributed by atoms with Crippen LogP contribution in [0.3, 0.4) is 0 Å². The van der Waals surface area contributed by atoms with Gasteiger partial charge in [0.2, 0.25) is 0 Å².